The van der Waals surface area contributed by atoms with Gasteiger partial charge in [-0.05, 0) is 30.3 Å². The molecule has 2 N–H and O–H groups in total. The number of fused-ring (bicyclic) bond motifs is 1. The Morgan fingerprint density at radius 2 is 1.66 bits per heavy atom. The fraction of sp³-hybridized carbons (Fsp3) is 0.0455. The van der Waals surface area contributed by atoms with E-state index in [-0.39, 0.29) is 47.3 Å². The maximum absolute atomic E-state index is 14.7. The zero-order chi connectivity index (χ0) is 23.2. The van der Waals surface area contributed by atoms with Gasteiger partial charge in [-0.3, -0.25) is 9.36 Å². The van der Waals surface area contributed by atoms with Crippen molar-refractivity contribution in [2.75, 3.05) is 0 Å². The minimum Gasteiger partial charge on any atom is -0.384 e. The van der Waals surface area contributed by atoms with Crippen LogP contribution in [0.5, 0.6) is 0 Å². The summed E-state index contributed by atoms with van der Waals surface area (Å²) >= 11 is 13.1. The molecule has 10 heteroatoms. The average molecular weight is 487 g/mol. The highest BCUT2D eigenvalue weighted by molar-refractivity contribution is 7.07. The molecule has 0 radical (unpaired) electrons. The molecule has 4 rings (SSSR count). The Morgan fingerprint density at radius 3 is 2.25 bits per heavy atom. The van der Waals surface area contributed by atoms with E-state index in [2.05, 4.69) is 0 Å². The van der Waals surface area contributed by atoms with Crippen molar-refractivity contribution in [2.45, 2.75) is 5.92 Å². The Hall–Kier alpha value is -3.43. The number of aromatic nitrogens is 1. The van der Waals surface area contributed by atoms with E-state index in [1.54, 1.807) is 0 Å². The van der Waals surface area contributed by atoms with Crippen LogP contribution in [0, 0.1) is 34.3 Å². The smallest absolute Gasteiger partial charge is 0.274 e. The first kappa shape index (κ1) is 21.8. The Bertz CT molecular complexity index is 1550. The topological polar surface area (TPSA) is 95.6 Å². The summed E-state index contributed by atoms with van der Waals surface area (Å²) in [7, 11) is 0. The number of hydrogen-bond acceptors (Lipinski definition) is 5. The van der Waals surface area contributed by atoms with E-state index >= 15 is 0 Å². The van der Waals surface area contributed by atoms with Gasteiger partial charge in [0.25, 0.3) is 5.56 Å². The van der Waals surface area contributed by atoms with Gasteiger partial charge in [0.2, 0.25) is 0 Å². The Balaban J connectivity index is 2.13. The predicted molar refractivity (Wildman–Crippen MR) is 119 cm³/mol. The van der Waals surface area contributed by atoms with Crippen LogP contribution in [0.4, 0.5) is 8.78 Å². The minimum atomic E-state index is -1.21. The zero-order valence-electron chi connectivity index (χ0n) is 15.9. The van der Waals surface area contributed by atoms with E-state index in [9.17, 15) is 24.1 Å². The van der Waals surface area contributed by atoms with Crippen LogP contribution in [0.3, 0.4) is 0 Å². The summed E-state index contributed by atoms with van der Waals surface area (Å²) < 4.78 is 30.1. The van der Waals surface area contributed by atoms with Crippen molar-refractivity contribution in [3.8, 4) is 12.1 Å². The maximum atomic E-state index is 14.7. The number of nitrogens with two attached hydrogens (primary N) is 1. The quantitative estimate of drug-likeness (QED) is 0.599. The van der Waals surface area contributed by atoms with Crippen LogP contribution in [0.15, 0.2) is 46.8 Å². The molecule has 1 aromatic heterocycles. The van der Waals surface area contributed by atoms with Crippen LogP contribution in [-0.4, -0.2) is 4.57 Å². The number of thiazole rings is 1. The van der Waals surface area contributed by atoms with Crippen LogP contribution in [0.1, 0.15) is 17.0 Å². The summed E-state index contributed by atoms with van der Waals surface area (Å²) in [6.45, 7) is 0. The molecule has 0 aliphatic carbocycles. The van der Waals surface area contributed by atoms with Gasteiger partial charge in [-0.15, -0.1) is 11.3 Å². The van der Waals surface area contributed by atoms with Crippen LogP contribution >= 0.6 is 34.5 Å². The number of halogens is 4. The molecule has 2 aromatic carbocycles. The van der Waals surface area contributed by atoms with Crippen molar-refractivity contribution in [3.05, 3.63) is 94.3 Å². The summed E-state index contributed by atoms with van der Waals surface area (Å²) in [5.41, 5.74) is 5.08. The second kappa shape index (κ2) is 8.25. The molecule has 0 unspecified atom stereocenters. The average Bonchev–Trinajstić information content (AvgIpc) is 3.07. The molecule has 0 amide bonds. The first-order chi connectivity index (χ1) is 15.3. The summed E-state index contributed by atoms with van der Waals surface area (Å²) in [5.74, 6) is -2.84. The highest BCUT2D eigenvalue weighted by atomic mass is 35.5. The number of allylic oxidation sites excluding steroid dienone is 1. The predicted octanol–water partition coefficient (Wildman–Crippen LogP) is 3.45. The summed E-state index contributed by atoms with van der Waals surface area (Å²) in [4.78, 5) is 13.1. The molecule has 158 valence electrons. The lowest BCUT2D eigenvalue weighted by molar-refractivity contribution is 0.609. The van der Waals surface area contributed by atoms with E-state index < -0.39 is 23.1 Å². The molecule has 1 aliphatic heterocycles. The molecular formula is C22H10Cl2F2N4OS. The Morgan fingerprint density at radius 1 is 1.03 bits per heavy atom. The van der Waals surface area contributed by atoms with Crippen molar-refractivity contribution < 1.29 is 8.78 Å². The molecule has 3 aromatic rings. The van der Waals surface area contributed by atoms with Crippen LogP contribution in [0.2, 0.25) is 10.0 Å². The fourth-order valence-corrected chi connectivity index (χ4v) is 5.11. The van der Waals surface area contributed by atoms with Gasteiger partial charge in [-0.1, -0.05) is 35.3 Å². The van der Waals surface area contributed by atoms with Crippen molar-refractivity contribution in [3.63, 3.8) is 0 Å². The van der Waals surface area contributed by atoms with E-state index in [4.69, 9.17) is 28.9 Å². The third kappa shape index (κ3) is 3.30. The van der Waals surface area contributed by atoms with E-state index in [1.165, 1.54) is 36.4 Å². The standard InChI is InChI=1S/C22H10Cl2F2N4OS/c23-13-3-1-5-15(25)10(13)7-17-21(31)30-20(29)11(8-27)18(12(9-28)22(30)32-17)19-14(24)4-2-6-16(19)26/h1-7,18H,29H2/b17-7-/t18-/m0/s1. The summed E-state index contributed by atoms with van der Waals surface area (Å²) in [6, 6.07) is 11.9. The van der Waals surface area contributed by atoms with Gasteiger partial charge in [0.05, 0.1) is 38.8 Å². The summed E-state index contributed by atoms with van der Waals surface area (Å²) in [6.07, 6.45) is 1.25. The lowest BCUT2D eigenvalue weighted by Gasteiger charge is -2.23. The second-order valence-corrected chi connectivity index (χ2v) is 8.54. The van der Waals surface area contributed by atoms with Crippen molar-refractivity contribution in [1.82, 2.24) is 4.57 Å². The van der Waals surface area contributed by atoms with Crippen LogP contribution in [0.25, 0.3) is 17.5 Å². The van der Waals surface area contributed by atoms with Gasteiger partial charge in [0.15, 0.2) is 0 Å². The largest absolute Gasteiger partial charge is 0.384 e. The van der Waals surface area contributed by atoms with Gasteiger partial charge in [-0.25, -0.2) is 8.78 Å². The van der Waals surface area contributed by atoms with Crippen LogP contribution < -0.4 is 20.5 Å². The van der Waals surface area contributed by atoms with Crippen LogP contribution in [-0.2, 0) is 0 Å². The SMILES string of the molecule is N#CC1=C(N)n2c(s/c(=C\c3c(F)cccc3Cl)c2=O)=C(C#N)[C@H]1c1c(F)cccc1Cl. The van der Waals surface area contributed by atoms with E-state index in [1.807, 2.05) is 12.1 Å². The first-order valence-corrected chi connectivity index (χ1v) is 10.5. The molecule has 1 aliphatic rings. The normalized spacial score (nSPS) is 16.0. The molecule has 0 saturated heterocycles. The minimum absolute atomic E-state index is 0.000535. The second-order valence-electron chi connectivity index (χ2n) is 6.70. The molecule has 0 bridgehead atoms. The van der Waals surface area contributed by atoms with Gasteiger partial charge in [0.1, 0.15) is 22.1 Å². The number of benzene rings is 2. The number of rotatable bonds is 2. The third-order valence-electron chi connectivity index (χ3n) is 4.95. The molecule has 0 fully saturated rings. The van der Waals surface area contributed by atoms with E-state index in [0.29, 0.717) is 0 Å². The fourth-order valence-electron chi connectivity index (χ4n) is 3.51. The summed E-state index contributed by atoms with van der Waals surface area (Å²) in [5, 5.41) is 19.7. The third-order valence-corrected chi connectivity index (χ3v) is 6.72. The molecular weight excluding hydrogens is 477 g/mol. The number of nitriles is 2. The molecule has 1 atom stereocenters. The highest BCUT2D eigenvalue weighted by Gasteiger charge is 2.35. The van der Waals surface area contributed by atoms with Crippen molar-refractivity contribution >= 4 is 52.0 Å². The lowest BCUT2D eigenvalue weighted by Crippen LogP contribution is -2.38. The van der Waals surface area contributed by atoms with Gasteiger partial charge in [-0.2, -0.15) is 10.5 Å². The monoisotopic (exact) mass is 486 g/mol. The molecule has 2 heterocycles. The highest BCUT2D eigenvalue weighted by Crippen LogP contribution is 2.40. The van der Waals surface area contributed by atoms with Crippen molar-refractivity contribution in [1.29, 1.82) is 10.5 Å². The Kier molecular flexibility index (Phi) is 5.62. The Labute approximate surface area is 193 Å². The van der Waals surface area contributed by atoms with E-state index in [0.717, 1.165) is 22.0 Å². The lowest BCUT2D eigenvalue weighted by atomic mass is 9.84. The number of hydrogen-bond donors (Lipinski definition) is 1. The first-order valence-electron chi connectivity index (χ1n) is 8.96. The zero-order valence-corrected chi connectivity index (χ0v) is 18.2. The number of nitrogens with zero attached hydrogens (tertiary/aromatic N) is 3. The van der Waals surface area contributed by atoms with Crippen molar-refractivity contribution in [2.24, 2.45) is 5.73 Å². The molecule has 32 heavy (non-hydrogen) atoms. The maximum Gasteiger partial charge on any atom is 0.274 e. The van der Waals surface area contributed by atoms with Gasteiger partial charge >= 0.3 is 0 Å². The molecule has 0 spiro atoms. The molecule has 0 saturated carbocycles. The molecule has 5 nitrogen and oxygen atoms in total. The van der Waals surface area contributed by atoms with Gasteiger partial charge in [0, 0.05) is 16.1 Å². The van der Waals surface area contributed by atoms with Gasteiger partial charge < -0.3 is 5.73 Å².